The fraction of sp³-hybridized carbons (Fsp3) is 0.500. The van der Waals surface area contributed by atoms with Crippen molar-refractivity contribution >= 4 is 5.97 Å². The van der Waals surface area contributed by atoms with Crippen molar-refractivity contribution in [1.82, 2.24) is 5.32 Å². The number of aryl methyl sites for hydroxylation is 1. The third kappa shape index (κ3) is 5.61. The number of benzene rings is 1. The Hall–Kier alpha value is -1.75. The van der Waals surface area contributed by atoms with Crippen LogP contribution in [0, 0.1) is 0 Å². The van der Waals surface area contributed by atoms with Crippen LogP contribution in [0.5, 0.6) is 11.5 Å². The van der Waals surface area contributed by atoms with Crippen molar-refractivity contribution in [2.45, 2.75) is 19.3 Å². The molecule has 0 spiro atoms. The van der Waals surface area contributed by atoms with E-state index in [1.54, 1.807) is 14.2 Å². The Morgan fingerprint density at radius 2 is 1.95 bits per heavy atom. The predicted molar refractivity (Wildman–Crippen MR) is 73.0 cm³/mol. The molecule has 0 bridgehead atoms. The van der Waals surface area contributed by atoms with Gasteiger partial charge in [0.05, 0.1) is 20.6 Å². The molecule has 106 valence electrons. The highest BCUT2D eigenvalue weighted by Crippen LogP contribution is 2.27. The Morgan fingerprint density at radius 1 is 1.21 bits per heavy atom. The zero-order valence-corrected chi connectivity index (χ0v) is 11.4. The maximum Gasteiger partial charge on any atom is 0.304 e. The number of hydrogen-bond donors (Lipinski definition) is 2. The van der Waals surface area contributed by atoms with Crippen LogP contribution in [0.3, 0.4) is 0 Å². The molecule has 0 heterocycles. The summed E-state index contributed by atoms with van der Waals surface area (Å²) >= 11 is 0. The first-order valence-electron chi connectivity index (χ1n) is 6.30. The number of carboxylic acid groups (broad SMARTS) is 1. The first-order valence-corrected chi connectivity index (χ1v) is 6.30. The molecule has 5 nitrogen and oxygen atoms in total. The number of methoxy groups -OCH3 is 2. The van der Waals surface area contributed by atoms with Gasteiger partial charge in [-0.15, -0.1) is 0 Å². The zero-order valence-electron chi connectivity index (χ0n) is 11.4. The predicted octanol–water partition coefficient (Wildman–Crippen LogP) is 1.70. The van der Waals surface area contributed by atoms with Crippen LogP contribution in [0.15, 0.2) is 18.2 Å². The SMILES string of the molecule is COc1ccc(CCCNCCC(=O)O)cc1OC. The van der Waals surface area contributed by atoms with Crippen molar-refractivity contribution in [3.05, 3.63) is 23.8 Å². The first kappa shape index (κ1) is 15.3. The molecule has 2 N–H and O–H groups in total. The van der Waals surface area contributed by atoms with E-state index in [1.165, 1.54) is 5.56 Å². The highest BCUT2D eigenvalue weighted by molar-refractivity contribution is 5.66. The summed E-state index contributed by atoms with van der Waals surface area (Å²) in [5.41, 5.74) is 1.18. The molecule has 0 aliphatic rings. The van der Waals surface area contributed by atoms with Crippen LogP contribution >= 0.6 is 0 Å². The largest absolute Gasteiger partial charge is 0.493 e. The van der Waals surface area contributed by atoms with Gasteiger partial charge in [-0.2, -0.15) is 0 Å². The minimum atomic E-state index is -0.771. The fourth-order valence-electron chi connectivity index (χ4n) is 1.77. The van der Waals surface area contributed by atoms with Crippen LogP contribution in [0.25, 0.3) is 0 Å². The van der Waals surface area contributed by atoms with E-state index in [0.29, 0.717) is 6.54 Å². The fourth-order valence-corrected chi connectivity index (χ4v) is 1.77. The summed E-state index contributed by atoms with van der Waals surface area (Å²) in [5, 5.41) is 11.6. The zero-order chi connectivity index (χ0) is 14.1. The van der Waals surface area contributed by atoms with Gasteiger partial charge in [0.1, 0.15) is 0 Å². The van der Waals surface area contributed by atoms with Gasteiger partial charge in [0.25, 0.3) is 0 Å². The van der Waals surface area contributed by atoms with Gasteiger partial charge in [-0.1, -0.05) is 6.07 Å². The lowest BCUT2D eigenvalue weighted by molar-refractivity contribution is -0.136. The molecular weight excluding hydrogens is 246 g/mol. The molecule has 0 atom stereocenters. The lowest BCUT2D eigenvalue weighted by atomic mass is 10.1. The third-order valence-electron chi connectivity index (χ3n) is 2.78. The van der Waals surface area contributed by atoms with Crippen molar-refractivity contribution < 1.29 is 19.4 Å². The van der Waals surface area contributed by atoms with E-state index < -0.39 is 5.97 Å². The summed E-state index contributed by atoms with van der Waals surface area (Å²) in [6.07, 6.45) is 2.03. The van der Waals surface area contributed by atoms with Crippen molar-refractivity contribution in [2.24, 2.45) is 0 Å². The second kappa shape index (κ2) is 8.37. The smallest absolute Gasteiger partial charge is 0.304 e. The first-order chi connectivity index (χ1) is 9.17. The van der Waals surface area contributed by atoms with Crippen LogP contribution in [-0.4, -0.2) is 38.4 Å². The van der Waals surface area contributed by atoms with Gasteiger partial charge in [-0.05, 0) is 37.1 Å². The summed E-state index contributed by atoms with van der Waals surface area (Å²) in [6, 6.07) is 5.88. The van der Waals surface area contributed by atoms with Crippen molar-refractivity contribution in [2.75, 3.05) is 27.3 Å². The topological polar surface area (TPSA) is 67.8 Å². The summed E-state index contributed by atoms with van der Waals surface area (Å²) in [7, 11) is 3.24. The average molecular weight is 267 g/mol. The van der Waals surface area contributed by atoms with Crippen LogP contribution in [0.1, 0.15) is 18.4 Å². The van der Waals surface area contributed by atoms with Crippen LogP contribution in [-0.2, 0) is 11.2 Å². The lowest BCUT2D eigenvalue weighted by Gasteiger charge is -2.09. The quantitative estimate of drug-likeness (QED) is 0.667. The summed E-state index contributed by atoms with van der Waals surface area (Å²) in [6.45, 7) is 1.32. The van der Waals surface area contributed by atoms with Crippen LogP contribution in [0.2, 0.25) is 0 Å². The molecule has 0 unspecified atom stereocenters. The van der Waals surface area contributed by atoms with Crippen molar-refractivity contribution in [3.63, 3.8) is 0 Å². The van der Waals surface area contributed by atoms with Crippen LogP contribution < -0.4 is 14.8 Å². The molecule has 0 fully saturated rings. The molecule has 5 heteroatoms. The highest BCUT2D eigenvalue weighted by Gasteiger charge is 2.04. The number of aliphatic carboxylic acids is 1. The number of carbonyl (C=O) groups is 1. The Bertz CT molecular complexity index is 406. The molecule has 0 radical (unpaired) electrons. The lowest BCUT2D eigenvalue weighted by Crippen LogP contribution is -2.19. The average Bonchev–Trinajstić information content (AvgIpc) is 2.42. The monoisotopic (exact) mass is 267 g/mol. The highest BCUT2D eigenvalue weighted by atomic mass is 16.5. The molecule has 0 saturated carbocycles. The molecule has 19 heavy (non-hydrogen) atoms. The van der Waals surface area contributed by atoms with E-state index in [0.717, 1.165) is 30.9 Å². The van der Waals surface area contributed by atoms with E-state index >= 15 is 0 Å². The number of carboxylic acids is 1. The van der Waals surface area contributed by atoms with Gasteiger partial charge in [0, 0.05) is 6.54 Å². The Morgan fingerprint density at radius 3 is 2.58 bits per heavy atom. The van der Waals surface area contributed by atoms with Gasteiger partial charge in [-0.3, -0.25) is 4.79 Å². The van der Waals surface area contributed by atoms with Gasteiger partial charge >= 0.3 is 5.97 Å². The minimum Gasteiger partial charge on any atom is -0.493 e. The molecule has 0 amide bonds. The summed E-state index contributed by atoms with van der Waals surface area (Å²) < 4.78 is 10.4. The Kier molecular flexibility index (Phi) is 6.74. The van der Waals surface area contributed by atoms with Crippen molar-refractivity contribution in [1.29, 1.82) is 0 Å². The van der Waals surface area contributed by atoms with Crippen LogP contribution in [0.4, 0.5) is 0 Å². The number of rotatable bonds is 9. The second-order valence-corrected chi connectivity index (χ2v) is 4.19. The van der Waals surface area contributed by atoms with E-state index in [4.69, 9.17) is 14.6 Å². The minimum absolute atomic E-state index is 0.163. The normalized spacial score (nSPS) is 10.2. The molecule has 1 aromatic carbocycles. The number of nitrogens with one attached hydrogen (secondary N) is 1. The van der Waals surface area contributed by atoms with E-state index in [-0.39, 0.29) is 6.42 Å². The maximum atomic E-state index is 10.3. The van der Waals surface area contributed by atoms with Gasteiger partial charge in [-0.25, -0.2) is 0 Å². The Labute approximate surface area is 113 Å². The van der Waals surface area contributed by atoms with Gasteiger partial charge in [0.15, 0.2) is 11.5 Å². The molecule has 0 aliphatic heterocycles. The summed E-state index contributed by atoms with van der Waals surface area (Å²) in [4.78, 5) is 10.3. The molecule has 1 rings (SSSR count). The molecule has 0 aromatic heterocycles. The maximum absolute atomic E-state index is 10.3. The van der Waals surface area contributed by atoms with E-state index in [2.05, 4.69) is 5.32 Å². The molecular formula is C14H21NO4. The third-order valence-corrected chi connectivity index (χ3v) is 2.78. The standard InChI is InChI=1S/C14H21NO4/c1-18-12-6-5-11(10-13(12)19-2)4-3-8-15-9-7-14(16)17/h5-6,10,15H,3-4,7-9H2,1-2H3,(H,16,17). The van der Waals surface area contributed by atoms with E-state index in [1.807, 2.05) is 18.2 Å². The van der Waals surface area contributed by atoms with Crippen molar-refractivity contribution in [3.8, 4) is 11.5 Å². The summed E-state index contributed by atoms with van der Waals surface area (Å²) in [5.74, 6) is 0.692. The molecule has 1 aromatic rings. The number of ether oxygens (including phenoxy) is 2. The van der Waals surface area contributed by atoms with Gasteiger partial charge in [0.2, 0.25) is 0 Å². The Balaban J connectivity index is 2.31. The van der Waals surface area contributed by atoms with E-state index in [9.17, 15) is 4.79 Å². The second-order valence-electron chi connectivity index (χ2n) is 4.19. The molecule has 0 aliphatic carbocycles. The number of hydrogen-bond acceptors (Lipinski definition) is 4. The van der Waals surface area contributed by atoms with Gasteiger partial charge < -0.3 is 19.9 Å². The molecule has 0 saturated heterocycles.